The van der Waals surface area contributed by atoms with Crippen LogP contribution in [0.15, 0.2) is 51.2 Å². The maximum absolute atomic E-state index is 13.3. The Kier molecular flexibility index (Phi) is 6.56. The Hall–Kier alpha value is -3.45. The summed E-state index contributed by atoms with van der Waals surface area (Å²) < 4.78 is 16.9. The smallest absolute Gasteiger partial charge is 0.239 e. The van der Waals surface area contributed by atoms with E-state index in [0.29, 0.717) is 23.3 Å². The molecule has 3 N–H and O–H groups in total. The molecule has 0 aliphatic carbocycles. The molecule has 164 valence electrons. The second-order valence-electron chi connectivity index (χ2n) is 7.56. The Morgan fingerprint density at radius 3 is 2.42 bits per heavy atom. The van der Waals surface area contributed by atoms with Crippen LogP contribution in [0, 0.1) is 0 Å². The van der Waals surface area contributed by atoms with E-state index in [1.54, 1.807) is 31.4 Å². The van der Waals surface area contributed by atoms with Crippen molar-refractivity contribution in [2.45, 2.75) is 33.3 Å². The van der Waals surface area contributed by atoms with E-state index in [1.807, 2.05) is 19.9 Å². The van der Waals surface area contributed by atoms with Crippen LogP contribution < -0.4 is 14.9 Å². The van der Waals surface area contributed by atoms with Crippen molar-refractivity contribution in [2.24, 2.45) is 0 Å². The van der Waals surface area contributed by atoms with Crippen molar-refractivity contribution in [2.75, 3.05) is 13.7 Å². The lowest BCUT2D eigenvalue weighted by atomic mass is 10.0. The Morgan fingerprint density at radius 1 is 1.16 bits per heavy atom. The van der Waals surface area contributed by atoms with Crippen LogP contribution in [0.4, 0.5) is 0 Å². The molecule has 0 bridgehead atoms. The highest BCUT2D eigenvalue weighted by Crippen LogP contribution is 2.39. The molecule has 0 saturated heterocycles. The number of hydrogen-bond acceptors (Lipinski definition) is 7. The number of ether oxygens (including phenoxy) is 2. The number of allylic oxidation sites excluding steroid dienone is 2. The van der Waals surface area contributed by atoms with E-state index >= 15 is 0 Å². The van der Waals surface area contributed by atoms with E-state index in [2.05, 4.69) is 0 Å². The predicted octanol–water partition coefficient (Wildman–Crippen LogP) is 4.15. The summed E-state index contributed by atoms with van der Waals surface area (Å²) in [5.74, 6) is 0.0317. The summed E-state index contributed by atoms with van der Waals surface area (Å²) in [5.41, 5.74) is 1.42. The molecular formula is C24H26O7. The SMILES string of the molecule is COc1ccc(-c2oc3c(CC=C(C)C)c(O)cc(O)c3c(=O)c2OC[C@H](C)O)cc1. The minimum atomic E-state index is -0.819. The van der Waals surface area contributed by atoms with Gasteiger partial charge in [-0.1, -0.05) is 11.6 Å². The second kappa shape index (κ2) is 9.14. The average Bonchev–Trinajstić information content (AvgIpc) is 2.71. The first-order valence-corrected chi connectivity index (χ1v) is 9.86. The molecule has 0 aliphatic heterocycles. The number of rotatable bonds is 7. The fraction of sp³-hybridized carbons (Fsp3) is 0.292. The molecule has 0 radical (unpaired) electrons. The lowest BCUT2D eigenvalue weighted by Crippen LogP contribution is -2.18. The van der Waals surface area contributed by atoms with Gasteiger partial charge in [0, 0.05) is 17.2 Å². The number of hydrogen-bond donors (Lipinski definition) is 3. The average molecular weight is 426 g/mol. The zero-order valence-corrected chi connectivity index (χ0v) is 17.9. The third kappa shape index (κ3) is 4.67. The fourth-order valence-corrected chi connectivity index (χ4v) is 3.14. The number of phenols is 2. The summed E-state index contributed by atoms with van der Waals surface area (Å²) in [7, 11) is 1.55. The van der Waals surface area contributed by atoms with E-state index < -0.39 is 17.3 Å². The van der Waals surface area contributed by atoms with E-state index in [0.717, 1.165) is 11.6 Å². The van der Waals surface area contributed by atoms with Crippen LogP contribution in [-0.2, 0) is 6.42 Å². The summed E-state index contributed by atoms with van der Waals surface area (Å²) in [6, 6.07) is 7.95. The van der Waals surface area contributed by atoms with Crippen LogP contribution in [0.25, 0.3) is 22.3 Å². The van der Waals surface area contributed by atoms with Crippen LogP contribution in [0.5, 0.6) is 23.0 Å². The van der Waals surface area contributed by atoms with Crippen molar-refractivity contribution in [3.05, 3.63) is 57.8 Å². The summed E-state index contributed by atoms with van der Waals surface area (Å²) in [4.78, 5) is 13.3. The Morgan fingerprint density at radius 2 is 1.84 bits per heavy atom. The standard InChI is InChI=1S/C24H26O7/c1-13(2)5-10-17-18(26)11-19(27)20-21(28)24(30-12-14(3)25)22(31-23(17)20)15-6-8-16(29-4)9-7-15/h5-9,11,14,25-27H,10,12H2,1-4H3/t14-/m0/s1. The third-order valence-corrected chi connectivity index (χ3v) is 4.72. The Bertz CT molecular complexity index is 1170. The van der Waals surface area contributed by atoms with E-state index in [1.165, 1.54) is 6.92 Å². The van der Waals surface area contributed by atoms with Gasteiger partial charge in [-0.3, -0.25) is 4.79 Å². The molecule has 31 heavy (non-hydrogen) atoms. The van der Waals surface area contributed by atoms with Crippen molar-refractivity contribution >= 4 is 11.0 Å². The second-order valence-corrected chi connectivity index (χ2v) is 7.56. The van der Waals surface area contributed by atoms with E-state index in [4.69, 9.17) is 13.9 Å². The highest BCUT2D eigenvalue weighted by molar-refractivity contribution is 5.91. The van der Waals surface area contributed by atoms with Gasteiger partial charge in [0.1, 0.15) is 34.8 Å². The zero-order valence-electron chi connectivity index (χ0n) is 17.9. The lowest BCUT2D eigenvalue weighted by molar-refractivity contribution is 0.121. The number of aliphatic hydroxyl groups excluding tert-OH is 1. The normalized spacial score (nSPS) is 11.9. The van der Waals surface area contributed by atoms with Crippen molar-refractivity contribution in [3.8, 4) is 34.3 Å². The Balaban J connectivity index is 2.35. The van der Waals surface area contributed by atoms with Gasteiger partial charge in [0.25, 0.3) is 0 Å². The molecule has 0 fully saturated rings. The van der Waals surface area contributed by atoms with Crippen LogP contribution in [0.3, 0.4) is 0 Å². The molecule has 0 amide bonds. The minimum absolute atomic E-state index is 0.0789. The maximum atomic E-state index is 13.3. The molecule has 1 atom stereocenters. The van der Waals surface area contributed by atoms with Crippen LogP contribution in [0.2, 0.25) is 0 Å². The first-order chi connectivity index (χ1) is 14.7. The molecular weight excluding hydrogens is 400 g/mol. The van der Waals surface area contributed by atoms with Gasteiger partial charge in [-0.15, -0.1) is 0 Å². The van der Waals surface area contributed by atoms with Crippen molar-refractivity contribution in [3.63, 3.8) is 0 Å². The Labute approximate surface area is 179 Å². The highest BCUT2D eigenvalue weighted by Gasteiger charge is 2.24. The molecule has 7 nitrogen and oxygen atoms in total. The van der Waals surface area contributed by atoms with Crippen LogP contribution >= 0.6 is 0 Å². The summed E-state index contributed by atoms with van der Waals surface area (Å²) >= 11 is 0. The highest BCUT2D eigenvalue weighted by atomic mass is 16.5. The summed E-state index contributed by atoms with van der Waals surface area (Å²) in [5, 5.41) is 30.4. The van der Waals surface area contributed by atoms with Gasteiger partial charge in [-0.05, 0) is 51.5 Å². The number of methoxy groups -OCH3 is 1. The molecule has 0 aliphatic rings. The number of fused-ring (bicyclic) bond motifs is 1. The molecule has 0 saturated carbocycles. The van der Waals surface area contributed by atoms with Gasteiger partial charge in [0.05, 0.1) is 13.2 Å². The molecule has 0 spiro atoms. The number of phenolic OH excluding ortho intramolecular Hbond substituents is 2. The van der Waals surface area contributed by atoms with Gasteiger partial charge in [-0.2, -0.15) is 0 Å². The summed E-state index contributed by atoms with van der Waals surface area (Å²) in [6.07, 6.45) is 1.38. The molecule has 0 unspecified atom stereocenters. The van der Waals surface area contributed by atoms with Gasteiger partial charge in [0.15, 0.2) is 5.76 Å². The van der Waals surface area contributed by atoms with Crippen LogP contribution in [-0.4, -0.2) is 35.1 Å². The number of aliphatic hydroxyl groups is 1. The predicted molar refractivity (Wildman–Crippen MR) is 118 cm³/mol. The zero-order chi connectivity index (χ0) is 22.7. The molecule has 2 aromatic carbocycles. The molecule has 7 heteroatoms. The largest absolute Gasteiger partial charge is 0.507 e. The fourth-order valence-electron chi connectivity index (χ4n) is 3.14. The van der Waals surface area contributed by atoms with Gasteiger partial charge in [-0.25, -0.2) is 0 Å². The first kappa shape index (κ1) is 22.2. The number of benzene rings is 2. The lowest BCUT2D eigenvalue weighted by Gasteiger charge is -2.15. The first-order valence-electron chi connectivity index (χ1n) is 9.86. The quantitative estimate of drug-likeness (QED) is 0.487. The van der Waals surface area contributed by atoms with Crippen molar-refractivity contribution in [1.82, 2.24) is 0 Å². The van der Waals surface area contributed by atoms with Crippen molar-refractivity contribution in [1.29, 1.82) is 0 Å². The molecule has 3 rings (SSSR count). The van der Waals surface area contributed by atoms with Gasteiger partial charge >= 0.3 is 0 Å². The van der Waals surface area contributed by atoms with E-state index in [-0.39, 0.29) is 34.8 Å². The third-order valence-electron chi connectivity index (χ3n) is 4.72. The topological polar surface area (TPSA) is 109 Å². The van der Waals surface area contributed by atoms with Crippen molar-refractivity contribution < 1.29 is 29.2 Å². The maximum Gasteiger partial charge on any atom is 0.239 e. The summed E-state index contributed by atoms with van der Waals surface area (Å²) in [6.45, 7) is 5.23. The molecule has 3 aromatic rings. The van der Waals surface area contributed by atoms with Crippen LogP contribution in [0.1, 0.15) is 26.3 Å². The monoisotopic (exact) mass is 426 g/mol. The minimum Gasteiger partial charge on any atom is -0.507 e. The molecule has 1 aromatic heterocycles. The van der Waals surface area contributed by atoms with E-state index in [9.17, 15) is 20.1 Å². The molecule has 1 heterocycles. The van der Waals surface area contributed by atoms with Gasteiger partial charge in [0.2, 0.25) is 11.2 Å². The number of aromatic hydroxyl groups is 2. The van der Waals surface area contributed by atoms with Gasteiger partial charge < -0.3 is 29.2 Å².